The molecule has 5 nitrogen and oxygen atoms in total. The van der Waals surface area contributed by atoms with E-state index in [1.165, 1.54) is 0 Å². The molecule has 0 radical (unpaired) electrons. The fourth-order valence-electron chi connectivity index (χ4n) is 2.36. The predicted octanol–water partition coefficient (Wildman–Crippen LogP) is 1.70. The lowest BCUT2D eigenvalue weighted by Crippen LogP contribution is -2.47. The van der Waals surface area contributed by atoms with Crippen LogP contribution in [0.4, 0.5) is 5.69 Å². The Bertz CT molecular complexity index is 648. The molecule has 0 spiro atoms. The van der Waals surface area contributed by atoms with Gasteiger partial charge in [-0.25, -0.2) is 0 Å². The van der Waals surface area contributed by atoms with Crippen molar-refractivity contribution in [3.05, 3.63) is 42.2 Å². The number of carbonyl (C=O) groups excluding carboxylic acids is 2. The van der Waals surface area contributed by atoms with Gasteiger partial charge in [0.05, 0.1) is 6.54 Å². The number of nitrogens with one attached hydrogen (secondary N) is 1. The third-order valence-corrected chi connectivity index (χ3v) is 3.29. The van der Waals surface area contributed by atoms with Crippen LogP contribution in [0.15, 0.2) is 40.8 Å². The summed E-state index contributed by atoms with van der Waals surface area (Å²) in [7, 11) is 0. The maximum absolute atomic E-state index is 11.5. The van der Waals surface area contributed by atoms with Crippen molar-refractivity contribution in [2.75, 3.05) is 24.5 Å². The molecule has 1 saturated heterocycles. The second-order valence-corrected chi connectivity index (χ2v) is 4.61. The first-order valence-electron chi connectivity index (χ1n) is 6.44. The summed E-state index contributed by atoms with van der Waals surface area (Å²) in [6.45, 7) is 1.72. The van der Waals surface area contributed by atoms with Gasteiger partial charge in [-0.3, -0.25) is 9.59 Å². The summed E-state index contributed by atoms with van der Waals surface area (Å²) >= 11 is 0. The van der Waals surface area contributed by atoms with E-state index >= 15 is 0 Å². The van der Waals surface area contributed by atoms with E-state index in [0.29, 0.717) is 30.9 Å². The molecule has 2 heterocycles. The second-order valence-electron chi connectivity index (χ2n) is 4.61. The van der Waals surface area contributed by atoms with Gasteiger partial charge in [0.1, 0.15) is 5.76 Å². The number of furan rings is 1. The fraction of sp³-hybridized carbons (Fsp3) is 0.200. The summed E-state index contributed by atoms with van der Waals surface area (Å²) in [5.74, 6) is 0.943. The van der Waals surface area contributed by atoms with Gasteiger partial charge < -0.3 is 14.6 Å². The molecule has 0 aliphatic carbocycles. The number of amides is 1. The zero-order valence-electron chi connectivity index (χ0n) is 10.8. The second kappa shape index (κ2) is 5.21. The average molecular weight is 270 g/mol. The standard InChI is InChI=1S/C15H14N2O3/c18-10-11-5-6-14(20-11)12-3-1-2-4-13(12)17-8-7-16-15(19)9-17/h1-6,10H,7-9H2,(H,16,19). The molecule has 3 rings (SSSR count). The number of hydrogen-bond donors (Lipinski definition) is 1. The van der Waals surface area contributed by atoms with E-state index in [2.05, 4.69) is 5.32 Å². The van der Waals surface area contributed by atoms with Crippen molar-refractivity contribution in [1.29, 1.82) is 0 Å². The molecule has 2 aromatic rings. The molecule has 1 amide bonds. The van der Waals surface area contributed by atoms with Crippen LogP contribution in [0.1, 0.15) is 10.6 Å². The lowest BCUT2D eigenvalue weighted by Gasteiger charge is -2.29. The van der Waals surface area contributed by atoms with Gasteiger partial charge in [0.2, 0.25) is 5.91 Å². The van der Waals surface area contributed by atoms with E-state index in [0.717, 1.165) is 17.8 Å². The number of aldehydes is 1. The Kier molecular flexibility index (Phi) is 3.25. The number of rotatable bonds is 3. The van der Waals surface area contributed by atoms with Gasteiger partial charge in [0.25, 0.3) is 0 Å². The highest BCUT2D eigenvalue weighted by Crippen LogP contribution is 2.32. The van der Waals surface area contributed by atoms with E-state index in [1.807, 2.05) is 29.2 Å². The van der Waals surface area contributed by atoms with E-state index < -0.39 is 0 Å². The number of para-hydroxylation sites is 1. The van der Waals surface area contributed by atoms with Crippen molar-refractivity contribution < 1.29 is 14.0 Å². The SMILES string of the molecule is O=Cc1ccc(-c2ccccc2N2CCNC(=O)C2)o1. The van der Waals surface area contributed by atoms with Gasteiger partial charge in [0, 0.05) is 24.3 Å². The molecule has 1 aliphatic rings. The molecule has 0 unspecified atom stereocenters. The summed E-state index contributed by atoms with van der Waals surface area (Å²) in [6.07, 6.45) is 0.681. The molecule has 1 aromatic carbocycles. The van der Waals surface area contributed by atoms with E-state index in [1.54, 1.807) is 12.1 Å². The molecule has 1 N–H and O–H groups in total. The minimum absolute atomic E-state index is 0.0130. The Balaban J connectivity index is 1.99. The van der Waals surface area contributed by atoms with Crippen LogP contribution in [-0.4, -0.2) is 31.8 Å². The van der Waals surface area contributed by atoms with Crippen molar-refractivity contribution in [1.82, 2.24) is 5.32 Å². The van der Waals surface area contributed by atoms with Gasteiger partial charge in [-0.15, -0.1) is 0 Å². The Morgan fingerprint density at radius 2 is 2.05 bits per heavy atom. The largest absolute Gasteiger partial charge is 0.453 e. The van der Waals surface area contributed by atoms with Gasteiger partial charge in [-0.2, -0.15) is 0 Å². The monoisotopic (exact) mass is 270 g/mol. The predicted molar refractivity (Wildman–Crippen MR) is 74.8 cm³/mol. The number of carbonyl (C=O) groups is 2. The smallest absolute Gasteiger partial charge is 0.239 e. The van der Waals surface area contributed by atoms with Crippen LogP contribution in [0.2, 0.25) is 0 Å². The molecule has 102 valence electrons. The Labute approximate surface area is 116 Å². The van der Waals surface area contributed by atoms with E-state index in [4.69, 9.17) is 4.42 Å². The first-order valence-corrected chi connectivity index (χ1v) is 6.44. The number of benzene rings is 1. The van der Waals surface area contributed by atoms with Crippen LogP contribution in [0.5, 0.6) is 0 Å². The molecule has 1 aliphatic heterocycles. The molecule has 0 atom stereocenters. The zero-order valence-corrected chi connectivity index (χ0v) is 10.8. The van der Waals surface area contributed by atoms with Gasteiger partial charge >= 0.3 is 0 Å². The van der Waals surface area contributed by atoms with Crippen molar-refractivity contribution in [2.24, 2.45) is 0 Å². The highest BCUT2D eigenvalue weighted by molar-refractivity contribution is 5.86. The lowest BCUT2D eigenvalue weighted by atomic mass is 10.1. The van der Waals surface area contributed by atoms with Gasteiger partial charge in [0.15, 0.2) is 12.0 Å². The maximum atomic E-state index is 11.5. The van der Waals surface area contributed by atoms with Crippen LogP contribution in [-0.2, 0) is 4.79 Å². The maximum Gasteiger partial charge on any atom is 0.239 e. The zero-order chi connectivity index (χ0) is 13.9. The minimum atomic E-state index is 0.0130. The summed E-state index contributed by atoms with van der Waals surface area (Å²) < 4.78 is 5.48. The van der Waals surface area contributed by atoms with Crippen LogP contribution < -0.4 is 10.2 Å². The van der Waals surface area contributed by atoms with E-state index in [9.17, 15) is 9.59 Å². The summed E-state index contributed by atoms with van der Waals surface area (Å²) in [4.78, 5) is 24.3. The molecule has 5 heteroatoms. The molecule has 1 aromatic heterocycles. The number of piperazine rings is 1. The quantitative estimate of drug-likeness (QED) is 0.862. The first kappa shape index (κ1) is 12.5. The molecular formula is C15H14N2O3. The summed E-state index contributed by atoms with van der Waals surface area (Å²) in [5, 5.41) is 2.80. The summed E-state index contributed by atoms with van der Waals surface area (Å²) in [5.41, 5.74) is 1.82. The molecule has 0 bridgehead atoms. The third-order valence-electron chi connectivity index (χ3n) is 3.29. The molecule has 20 heavy (non-hydrogen) atoms. The average Bonchev–Trinajstić information content (AvgIpc) is 2.96. The van der Waals surface area contributed by atoms with Crippen molar-refractivity contribution in [3.8, 4) is 11.3 Å². The van der Waals surface area contributed by atoms with Crippen molar-refractivity contribution in [3.63, 3.8) is 0 Å². The molecule has 0 saturated carbocycles. The Morgan fingerprint density at radius 3 is 2.80 bits per heavy atom. The Hall–Kier alpha value is -2.56. The number of hydrogen-bond acceptors (Lipinski definition) is 4. The normalized spacial score (nSPS) is 15.0. The third kappa shape index (κ3) is 2.30. The van der Waals surface area contributed by atoms with Crippen molar-refractivity contribution >= 4 is 17.9 Å². The topological polar surface area (TPSA) is 62.6 Å². The van der Waals surface area contributed by atoms with Crippen LogP contribution in [0, 0.1) is 0 Å². The van der Waals surface area contributed by atoms with E-state index in [-0.39, 0.29) is 5.91 Å². The van der Waals surface area contributed by atoms with Crippen LogP contribution in [0.25, 0.3) is 11.3 Å². The Morgan fingerprint density at radius 1 is 1.20 bits per heavy atom. The van der Waals surface area contributed by atoms with Gasteiger partial charge in [-0.05, 0) is 24.3 Å². The number of anilines is 1. The minimum Gasteiger partial charge on any atom is -0.453 e. The van der Waals surface area contributed by atoms with Gasteiger partial charge in [-0.1, -0.05) is 12.1 Å². The molecule has 1 fully saturated rings. The van der Waals surface area contributed by atoms with Crippen molar-refractivity contribution in [2.45, 2.75) is 0 Å². The fourth-order valence-corrected chi connectivity index (χ4v) is 2.36. The van der Waals surface area contributed by atoms with Crippen LogP contribution in [0.3, 0.4) is 0 Å². The first-order chi connectivity index (χ1) is 9.78. The lowest BCUT2D eigenvalue weighted by molar-refractivity contribution is -0.120. The number of nitrogens with zero attached hydrogens (tertiary/aromatic N) is 1. The highest BCUT2D eigenvalue weighted by atomic mass is 16.3. The van der Waals surface area contributed by atoms with Crippen LogP contribution >= 0.6 is 0 Å². The highest BCUT2D eigenvalue weighted by Gasteiger charge is 2.20. The molecular weight excluding hydrogens is 256 g/mol. The summed E-state index contributed by atoms with van der Waals surface area (Å²) in [6, 6.07) is 11.1.